The normalized spacial score (nSPS) is 31.0. The maximum Gasteiger partial charge on any atom is 0.319 e. The maximum atomic E-state index is 13.3. The lowest BCUT2D eigenvalue weighted by Gasteiger charge is -2.56. The molecular formula is C39H49N3O5. The Labute approximate surface area is 278 Å². The van der Waals surface area contributed by atoms with Gasteiger partial charge in [0.25, 0.3) is 0 Å². The fraction of sp³-hybridized carbons (Fsp3) is 0.513. The molecule has 8 rings (SSSR count). The number of aliphatic hydroxyl groups excluding tert-OH is 2. The van der Waals surface area contributed by atoms with E-state index in [2.05, 4.69) is 15.5 Å². The van der Waals surface area contributed by atoms with Gasteiger partial charge in [0.15, 0.2) is 6.29 Å². The van der Waals surface area contributed by atoms with E-state index in [1.54, 1.807) is 0 Å². The molecule has 8 nitrogen and oxygen atoms in total. The van der Waals surface area contributed by atoms with Crippen molar-refractivity contribution in [3.8, 4) is 0 Å². The highest BCUT2D eigenvalue weighted by Gasteiger charge is 2.51. The number of anilines is 1. The molecule has 5 atom stereocenters. The molecule has 250 valence electrons. The van der Waals surface area contributed by atoms with Gasteiger partial charge >= 0.3 is 6.03 Å². The number of nitrogens with one attached hydrogen (secondary N) is 2. The van der Waals surface area contributed by atoms with Crippen LogP contribution in [0.5, 0.6) is 0 Å². The molecule has 0 aromatic heterocycles. The van der Waals surface area contributed by atoms with Crippen LogP contribution in [0.3, 0.4) is 0 Å². The first kappa shape index (κ1) is 32.3. The summed E-state index contributed by atoms with van der Waals surface area (Å²) in [5.41, 5.74) is 4.23. The zero-order valence-corrected chi connectivity index (χ0v) is 27.6. The van der Waals surface area contributed by atoms with Crippen molar-refractivity contribution in [2.45, 2.75) is 94.7 Å². The van der Waals surface area contributed by atoms with Crippen molar-refractivity contribution in [2.24, 2.45) is 17.8 Å². The van der Waals surface area contributed by atoms with Crippen molar-refractivity contribution in [3.63, 3.8) is 0 Å². The number of aliphatic hydroxyl groups is 2. The zero-order chi connectivity index (χ0) is 32.5. The molecule has 3 aromatic carbocycles. The van der Waals surface area contributed by atoms with Crippen LogP contribution in [-0.4, -0.2) is 52.4 Å². The van der Waals surface area contributed by atoms with Gasteiger partial charge in [0, 0.05) is 35.8 Å². The van der Waals surface area contributed by atoms with Crippen LogP contribution in [0.15, 0.2) is 78.9 Å². The average molecular weight is 640 g/mol. The molecular weight excluding hydrogens is 590 g/mol. The molecule has 1 heterocycles. The van der Waals surface area contributed by atoms with Crippen LogP contribution in [0.25, 0.3) is 0 Å². The lowest BCUT2D eigenvalue weighted by Crippen LogP contribution is -2.60. The van der Waals surface area contributed by atoms with Gasteiger partial charge < -0.3 is 30.3 Å². The summed E-state index contributed by atoms with van der Waals surface area (Å²) in [5, 5.41) is 27.2. The van der Waals surface area contributed by atoms with E-state index in [9.17, 15) is 15.0 Å². The molecule has 5 aliphatic rings. The molecule has 1 aliphatic heterocycles. The van der Waals surface area contributed by atoms with Crippen LogP contribution in [0.2, 0.25) is 0 Å². The summed E-state index contributed by atoms with van der Waals surface area (Å²) in [7, 11) is 2.02. The Bertz CT molecular complexity index is 1480. The van der Waals surface area contributed by atoms with Gasteiger partial charge in [-0.3, -0.25) is 4.90 Å². The Morgan fingerprint density at radius 1 is 0.894 bits per heavy atom. The molecule has 0 spiro atoms. The standard InChI is InChI=1S/C39H49N3O5/c1-25(36(44)31-7-4-3-5-8-31)42(2)23-34-19-35(30-13-11-26(24-43)12-14-30)47-37(46-34)32-9-6-10-33(18-32)40-38(45)41-39-20-27-15-28(21-39)17-29(16-27)22-39/h3-14,18,25,27-29,34-37,43-44H,15-17,19-24H2,1-2H3,(H2,40,41,45). The molecule has 4 bridgehead atoms. The summed E-state index contributed by atoms with van der Waals surface area (Å²) < 4.78 is 13.2. The van der Waals surface area contributed by atoms with Crippen molar-refractivity contribution in [1.29, 1.82) is 0 Å². The zero-order valence-electron chi connectivity index (χ0n) is 27.6. The van der Waals surface area contributed by atoms with Crippen LogP contribution in [-0.2, 0) is 16.1 Å². The van der Waals surface area contributed by atoms with Gasteiger partial charge in [0.1, 0.15) is 0 Å². The van der Waals surface area contributed by atoms with Crippen LogP contribution < -0.4 is 10.6 Å². The molecule has 0 radical (unpaired) electrons. The van der Waals surface area contributed by atoms with Crippen molar-refractivity contribution >= 4 is 11.7 Å². The number of urea groups is 1. The van der Waals surface area contributed by atoms with E-state index in [4.69, 9.17) is 9.47 Å². The number of likely N-dealkylation sites (N-methyl/N-ethyl adjacent to an activating group) is 1. The van der Waals surface area contributed by atoms with Crippen LogP contribution in [0.1, 0.15) is 92.6 Å². The Hall–Kier alpha value is -3.27. The number of ether oxygens (including phenoxy) is 2. The highest BCUT2D eigenvalue weighted by Crippen LogP contribution is 2.55. The second-order valence-electron chi connectivity index (χ2n) is 14.8. The molecule has 4 aliphatic carbocycles. The van der Waals surface area contributed by atoms with E-state index in [0.29, 0.717) is 18.7 Å². The van der Waals surface area contributed by atoms with Gasteiger partial charge in [0.2, 0.25) is 0 Å². The van der Waals surface area contributed by atoms with Crippen LogP contribution >= 0.6 is 0 Å². The first-order chi connectivity index (χ1) is 22.8. The molecule has 5 fully saturated rings. The first-order valence-electron chi connectivity index (χ1n) is 17.4. The molecule has 2 amide bonds. The Kier molecular flexibility index (Phi) is 9.40. The maximum absolute atomic E-state index is 13.3. The molecule has 1 saturated heterocycles. The van der Waals surface area contributed by atoms with Gasteiger partial charge in [0.05, 0.1) is 24.9 Å². The van der Waals surface area contributed by atoms with E-state index in [0.717, 1.165) is 59.3 Å². The largest absolute Gasteiger partial charge is 0.392 e. The topological polar surface area (TPSA) is 103 Å². The fourth-order valence-corrected chi connectivity index (χ4v) is 9.12. The lowest BCUT2D eigenvalue weighted by atomic mass is 9.53. The Morgan fingerprint density at radius 2 is 1.57 bits per heavy atom. The minimum Gasteiger partial charge on any atom is -0.392 e. The van der Waals surface area contributed by atoms with Crippen molar-refractivity contribution in [1.82, 2.24) is 10.2 Å². The summed E-state index contributed by atoms with van der Waals surface area (Å²) in [5.74, 6) is 2.28. The monoisotopic (exact) mass is 639 g/mol. The third-order valence-electron chi connectivity index (χ3n) is 11.2. The van der Waals surface area contributed by atoms with Gasteiger partial charge in [-0.15, -0.1) is 0 Å². The van der Waals surface area contributed by atoms with Crippen LogP contribution in [0, 0.1) is 17.8 Å². The summed E-state index contributed by atoms with van der Waals surface area (Å²) in [6, 6.07) is 25.1. The number of carbonyl (C=O) groups is 1. The molecule has 3 aromatic rings. The predicted octanol–water partition coefficient (Wildman–Crippen LogP) is 6.87. The molecule has 5 unspecified atom stereocenters. The number of amides is 2. The molecule has 8 heteroatoms. The fourth-order valence-electron chi connectivity index (χ4n) is 9.12. The number of rotatable bonds is 10. The van der Waals surface area contributed by atoms with E-state index >= 15 is 0 Å². The smallest absolute Gasteiger partial charge is 0.319 e. The molecule has 4 N–H and O–H groups in total. The minimum absolute atomic E-state index is 0.0111. The van der Waals surface area contributed by atoms with Gasteiger partial charge in [-0.2, -0.15) is 0 Å². The summed E-state index contributed by atoms with van der Waals surface area (Å²) in [6.07, 6.45) is 6.27. The first-order valence-corrected chi connectivity index (χ1v) is 17.4. The minimum atomic E-state index is -0.646. The van der Waals surface area contributed by atoms with Crippen LogP contribution in [0.4, 0.5) is 10.5 Å². The summed E-state index contributed by atoms with van der Waals surface area (Å²) in [6.45, 7) is 2.62. The van der Waals surface area contributed by atoms with Gasteiger partial charge in [-0.1, -0.05) is 66.7 Å². The van der Waals surface area contributed by atoms with E-state index in [-0.39, 0.29) is 36.4 Å². The second kappa shape index (κ2) is 13.7. The number of carbonyl (C=O) groups excluding carboxylic acids is 1. The lowest BCUT2D eigenvalue weighted by molar-refractivity contribution is -0.253. The van der Waals surface area contributed by atoms with E-state index in [1.165, 1.54) is 19.3 Å². The third-order valence-corrected chi connectivity index (χ3v) is 11.2. The van der Waals surface area contributed by atoms with Crippen molar-refractivity contribution in [2.75, 3.05) is 18.9 Å². The highest BCUT2D eigenvalue weighted by molar-refractivity contribution is 5.90. The Balaban J connectivity index is 1.06. The second-order valence-corrected chi connectivity index (χ2v) is 14.8. The number of nitrogens with zero attached hydrogens (tertiary/aromatic N) is 1. The third kappa shape index (κ3) is 7.27. The average Bonchev–Trinajstić information content (AvgIpc) is 3.07. The van der Waals surface area contributed by atoms with Gasteiger partial charge in [-0.05, 0) is 99.1 Å². The quantitative estimate of drug-likeness (QED) is 0.193. The number of hydrogen-bond donors (Lipinski definition) is 4. The highest BCUT2D eigenvalue weighted by atomic mass is 16.7. The Morgan fingerprint density at radius 3 is 2.23 bits per heavy atom. The van der Waals surface area contributed by atoms with Gasteiger partial charge in [-0.25, -0.2) is 4.79 Å². The molecule has 47 heavy (non-hydrogen) atoms. The molecule has 4 saturated carbocycles. The summed E-state index contributed by atoms with van der Waals surface area (Å²) in [4.78, 5) is 15.5. The predicted molar refractivity (Wildman–Crippen MR) is 181 cm³/mol. The van der Waals surface area contributed by atoms with E-state index in [1.807, 2.05) is 92.8 Å². The van der Waals surface area contributed by atoms with Crippen molar-refractivity contribution < 1.29 is 24.5 Å². The van der Waals surface area contributed by atoms with E-state index < -0.39 is 12.4 Å². The van der Waals surface area contributed by atoms with Crippen molar-refractivity contribution in [3.05, 3.63) is 101 Å². The SMILES string of the molecule is CC(C(O)c1ccccc1)N(C)CC1CC(c2ccc(CO)cc2)OC(c2cccc(NC(=O)NC34CC5CC(CC(C5)C3)C4)c2)O1. The summed E-state index contributed by atoms with van der Waals surface area (Å²) >= 11 is 0. The number of benzene rings is 3. The number of hydrogen-bond acceptors (Lipinski definition) is 6.